The summed E-state index contributed by atoms with van der Waals surface area (Å²) in [5.74, 6) is 7.09. The van der Waals surface area contributed by atoms with Crippen LogP contribution < -0.4 is 0 Å². The van der Waals surface area contributed by atoms with Gasteiger partial charge < -0.3 is 9.47 Å². The van der Waals surface area contributed by atoms with Gasteiger partial charge in [-0.05, 0) is 46.6 Å². The third-order valence-corrected chi connectivity index (χ3v) is 4.72. The maximum absolute atomic E-state index is 5.51. The van der Waals surface area contributed by atoms with E-state index in [2.05, 4.69) is 57.7 Å². The van der Waals surface area contributed by atoms with E-state index in [4.69, 9.17) is 14.5 Å². The van der Waals surface area contributed by atoms with Crippen LogP contribution >= 0.6 is 0 Å². The highest BCUT2D eigenvalue weighted by molar-refractivity contribution is 5.82. The summed E-state index contributed by atoms with van der Waals surface area (Å²) in [5.41, 5.74) is 5.68. The minimum atomic E-state index is 0.0376. The van der Waals surface area contributed by atoms with Crippen LogP contribution in [0.15, 0.2) is 47.5 Å². The van der Waals surface area contributed by atoms with Crippen molar-refractivity contribution in [3.05, 3.63) is 64.7 Å². The van der Waals surface area contributed by atoms with Gasteiger partial charge in [-0.2, -0.15) is 0 Å². The molecule has 2 aromatic carbocycles. The average molecular weight is 361 g/mol. The molecule has 0 radical (unpaired) electrons. The van der Waals surface area contributed by atoms with E-state index in [0.717, 1.165) is 16.8 Å². The molecule has 0 saturated carbocycles. The molecule has 0 bridgehead atoms. The molecule has 1 aliphatic heterocycles. The van der Waals surface area contributed by atoms with Crippen molar-refractivity contribution in [2.24, 2.45) is 4.99 Å². The van der Waals surface area contributed by atoms with Crippen molar-refractivity contribution < 1.29 is 9.47 Å². The molecule has 1 unspecified atom stereocenters. The van der Waals surface area contributed by atoms with Gasteiger partial charge >= 0.3 is 0 Å². The van der Waals surface area contributed by atoms with Crippen LogP contribution in [-0.2, 0) is 9.47 Å². The molecule has 3 rings (SSSR count). The smallest absolute Gasteiger partial charge is 0.147 e. The lowest BCUT2D eigenvalue weighted by Gasteiger charge is -2.15. The third kappa shape index (κ3) is 4.86. The molecule has 0 aliphatic carbocycles. The largest absolute Gasteiger partial charge is 0.352 e. The van der Waals surface area contributed by atoms with Gasteiger partial charge in [0.15, 0.2) is 0 Å². The first-order chi connectivity index (χ1) is 13.1. The summed E-state index contributed by atoms with van der Waals surface area (Å²) < 4.78 is 10.8. The third-order valence-electron chi connectivity index (χ3n) is 4.72. The van der Waals surface area contributed by atoms with E-state index in [1.807, 2.05) is 24.3 Å². The van der Waals surface area contributed by atoms with Gasteiger partial charge in [-0.15, -0.1) is 0 Å². The molecule has 0 aromatic heterocycles. The summed E-state index contributed by atoms with van der Waals surface area (Å²) in [6, 6.07) is 14.6. The van der Waals surface area contributed by atoms with Crippen LogP contribution in [-0.4, -0.2) is 19.6 Å². The summed E-state index contributed by atoms with van der Waals surface area (Å²) in [6.07, 6.45) is 1.75. The molecular formula is C24H27NO2. The Hall–Kier alpha value is -2.41. The molecule has 1 fully saturated rings. The van der Waals surface area contributed by atoms with Gasteiger partial charge in [-0.3, -0.25) is 0 Å². The van der Waals surface area contributed by atoms with Gasteiger partial charge in [-0.1, -0.05) is 63.9 Å². The fraction of sp³-hybridized carbons (Fsp3) is 0.375. The first-order valence-electron chi connectivity index (χ1n) is 9.52. The highest BCUT2D eigenvalue weighted by atomic mass is 16.7. The van der Waals surface area contributed by atoms with Gasteiger partial charge in [0.05, 0.1) is 18.5 Å². The van der Waals surface area contributed by atoms with E-state index in [-0.39, 0.29) is 6.10 Å². The van der Waals surface area contributed by atoms with Crippen molar-refractivity contribution in [3.63, 3.8) is 0 Å². The molecule has 27 heavy (non-hydrogen) atoms. The van der Waals surface area contributed by atoms with Crippen LogP contribution in [0.1, 0.15) is 67.9 Å². The lowest BCUT2D eigenvalue weighted by atomic mass is 9.93. The molecule has 2 aromatic rings. The number of rotatable bonds is 4. The van der Waals surface area contributed by atoms with E-state index in [1.165, 1.54) is 11.1 Å². The second kappa shape index (κ2) is 8.99. The Morgan fingerprint density at radius 2 is 1.67 bits per heavy atom. The molecule has 0 amide bonds. The molecule has 1 aliphatic rings. The Morgan fingerprint density at radius 3 is 2.22 bits per heavy atom. The second-order valence-electron chi connectivity index (χ2n) is 7.39. The van der Waals surface area contributed by atoms with E-state index in [0.29, 0.717) is 25.2 Å². The highest BCUT2D eigenvalue weighted by Gasteiger charge is 2.17. The molecule has 1 atom stereocenters. The number of para-hydroxylation sites is 1. The molecule has 140 valence electrons. The molecule has 3 heteroatoms. The number of hydrogen-bond donors (Lipinski definition) is 0. The van der Waals surface area contributed by atoms with E-state index >= 15 is 0 Å². The van der Waals surface area contributed by atoms with E-state index in [1.54, 1.807) is 6.21 Å². The second-order valence-corrected chi connectivity index (χ2v) is 7.39. The fourth-order valence-electron chi connectivity index (χ4n) is 3.18. The van der Waals surface area contributed by atoms with Gasteiger partial charge in [0, 0.05) is 5.56 Å². The molecule has 0 spiro atoms. The Bertz CT molecular complexity index is 822. The van der Waals surface area contributed by atoms with Crippen molar-refractivity contribution in [2.75, 3.05) is 13.4 Å². The lowest BCUT2D eigenvalue weighted by molar-refractivity contribution is 0.0466. The minimum absolute atomic E-state index is 0.0376. The number of ether oxygens (including phenoxy) is 2. The quantitative estimate of drug-likeness (QED) is 0.514. The number of benzene rings is 2. The number of aliphatic imine (C=N–C) groups is 1. The first-order valence-corrected chi connectivity index (χ1v) is 9.52. The molecular weight excluding hydrogens is 334 g/mol. The summed E-state index contributed by atoms with van der Waals surface area (Å²) in [7, 11) is 0. The zero-order valence-corrected chi connectivity index (χ0v) is 16.5. The topological polar surface area (TPSA) is 30.8 Å². The average Bonchev–Trinajstić information content (AvgIpc) is 3.20. The predicted octanol–water partition coefficient (Wildman–Crippen LogP) is 5.73. The minimum Gasteiger partial charge on any atom is -0.352 e. The molecule has 1 heterocycles. The highest BCUT2D eigenvalue weighted by Crippen LogP contribution is 2.34. The van der Waals surface area contributed by atoms with Gasteiger partial charge in [0.2, 0.25) is 0 Å². The zero-order chi connectivity index (χ0) is 19.2. The van der Waals surface area contributed by atoms with E-state index in [9.17, 15) is 0 Å². The molecule has 0 N–H and O–H groups in total. The fourth-order valence-corrected chi connectivity index (χ4v) is 3.18. The normalized spacial score (nSPS) is 16.9. The Labute approximate surface area is 162 Å². The van der Waals surface area contributed by atoms with Crippen LogP contribution in [0.3, 0.4) is 0 Å². The molecule has 3 nitrogen and oxygen atoms in total. The standard InChI is InChI=1S/C24H27NO2/c1-17(2)21-8-5-9-22(18(3)4)24(21)25-14-6-7-19-10-12-20(13-11-19)23-15-26-16-27-23/h5,8-14,17-18,23H,15-16H2,1-4H3. The monoisotopic (exact) mass is 361 g/mol. The maximum atomic E-state index is 5.51. The summed E-state index contributed by atoms with van der Waals surface area (Å²) in [5, 5.41) is 0. The van der Waals surface area contributed by atoms with Crippen molar-refractivity contribution in [1.82, 2.24) is 0 Å². The van der Waals surface area contributed by atoms with Crippen LogP contribution in [0.5, 0.6) is 0 Å². The first kappa shape index (κ1) is 19.4. The summed E-state index contributed by atoms with van der Waals surface area (Å²) in [4.78, 5) is 4.71. The molecule has 1 saturated heterocycles. The predicted molar refractivity (Wildman–Crippen MR) is 111 cm³/mol. The zero-order valence-electron chi connectivity index (χ0n) is 16.5. The number of nitrogens with zero attached hydrogens (tertiary/aromatic N) is 1. The van der Waals surface area contributed by atoms with Crippen molar-refractivity contribution >= 4 is 11.9 Å². The Morgan fingerprint density at radius 1 is 1.00 bits per heavy atom. The van der Waals surface area contributed by atoms with Gasteiger partial charge in [0.25, 0.3) is 0 Å². The van der Waals surface area contributed by atoms with Crippen molar-refractivity contribution in [3.8, 4) is 11.8 Å². The number of hydrogen-bond acceptors (Lipinski definition) is 3. The maximum Gasteiger partial charge on any atom is 0.147 e. The Kier molecular flexibility index (Phi) is 6.45. The Balaban J connectivity index is 1.76. The summed E-state index contributed by atoms with van der Waals surface area (Å²) in [6.45, 7) is 9.79. The lowest BCUT2D eigenvalue weighted by Crippen LogP contribution is -1.99. The van der Waals surface area contributed by atoms with Crippen LogP contribution in [0.4, 0.5) is 5.69 Å². The van der Waals surface area contributed by atoms with Crippen LogP contribution in [0.25, 0.3) is 0 Å². The van der Waals surface area contributed by atoms with Gasteiger partial charge in [-0.25, -0.2) is 4.99 Å². The van der Waals surface area contributed by atoms with Crippen molar-refractivity contribution in [2.45, 2.75) is 45.6 Å². The summed E-state index contributed by atoms with van der Waals surface area (Å²) >= 11 is 0. The van der Waals surface area contributed by atoms with E-state index < -0.39 is 0 Å². The van der Waals surface area contributed by atoms with Crippen molar-refractivity contribution in [1.29, 1.82) is 0 Å². The van der Waals surface area contributed by atoms with Crippen LogP contribution in [0.2, 0.25) is 0 Å². The SMILES string of the molecule is CC(C)c1cccc(C(C)C)c1N=CC#Cc1ccc(C2COCO2)cc1. The van der Waals surface area contributed by atoms with Gasteiger partial charge in [0.1, 0.15) is 12.9 Å². The van der Waals surface area contributed by atoms with Crippen LogP contribution in [0, 0.1) is 11.8 Å².